The van der Waals surface area contributed by atoms with Crippen LogP contribution in [0, 0.1) is 22.7 Å². The predicted octanol–water partition coefficient (Wildman–Crippen LogP) is 2.22. The lowest BCUT2D eigenvalue weighted by Crippen LogP contribution is -2.61. The molecule has 0 saturated heterocycles. The molecule has 0 spiro atoms. The molecule has 3 aromatic carbocycles. The highest BCUT2D eigenvalue weighted by atomic mass is 32.2. The van der Waals surface area contributed by atoms with Crippen LogP contribution in [-0.2, 0) is 30.8 Å². The molecule has 5 rings (SSSR count). The third-order valence-electron chi connectivity index (χ3n) is 8.48. The van der Waals surface area contributed by atoms with Gasteiger partial charge in [0.2, 0.25) is 11.8 Å². The van der Waals surface area contributed by atoms with E-state index in [1.165, 1.54) is 21.9 Å². The topological polar surface area (TPSA) is 181 Å². The maximum absolute atomic E-state index is 14.7. The maximum Gasteiger partial charge on any atom is 0.246 e. The number of fused-ring (bicyclic) bond motifs is 2. The van der Waals surface area contributed by atoms with Crippen molar-refractivity contribution in [2.24, 2.45) is 0 Å². The van der Waals surface area contributed by atoms with Crippen molar-refractivity contribution < 1.29 is 22.8 Å². The largest absolute Gasteiger partial charge is 0.307 e. The Hall–Kier alpha value is -5.41. The number of rotatable bonds is 10. The van der Waals surface area contributed by atoms with E-state index in [1.54, 1.807) is 55.9 Å². The highest BCUT2D eigenvalue weighted by Crippen LogP contribution is 2.38. The van der Waals surface area contributed by atoms with Crippen molar-refractivity contribution in [3.8, 4) is 17.8 Å². The van der Waals surface area contributed by atoms with Crippen molar-refractivity contribution in [2.75, 3.05) is 35.4 Å². The molecule has 0 aliphatic carbocycles. The Morgan fingerprint density at radius 3 is 2.42 bits per heavy atom. The fraction of sp³-hybridized carbons (Fsp3) is 0.294. The monoisotopic (exact) mass is 666 g/mol. The Bertz CT molecular complexity index is 2120. The molecular weight excluding hydrogens is 632 g/mol. The van der Waals surface area contributed by atoms with Crippen LogP contribution >= 0.6 is 0 Å². The number of nitrogens with one attached hydrogen (secondary N) is 2. The van der Waals surface area contributed by atoms with Crippen LogP contribution in [0.15, 0.2) is 66.7 Å². The summed E-state index contributed by atoms with van der Waals surface area (Å²) in [6, 6.07) is 21.1. The third-order valence-corrected chi connectivity index (χ3v) is 9.25. The number of aromatic nitrogens is 2. The zero-order valence-corrected chi connectivity index (χ0v) is 27.7. The molecule has 13 nitrogen and oxygen atoms in total. The van der Waals surface area contributed by atoms with E-state index in [0.29, 0.717) is 34.1 Å². The second-order valence-corrected chi connectivity index (χ2v) is 14.1. The van der Waals surface area contributed by atoms with Crippen LogP contribution in [0.1, 0.15) is 30.7 Å². The van der Waals surface area contributed by atoms with Gasteiger partial charge < -0.3 is 25.2 Å². The van der Waals surface area contributed by atoms with Crippen LogP contribution in [0.5, 0.6) is 0 Å². The molecule has 0 saturated carbocycles. The number of nitriles is 2. The van der Waals surface area contributed by atoms with Gasteiger partial charge in [-0.3, -0.25) is 9.59 Å². The van der Waals surface area contributed by atoms with Crippen LogP contribution in [0.25, 0.3) is 16.6 Å². The summed E-state index contributed by atoms with van der Waals surface area (Å²) in [4.78, 5) is 43.1. The summed E-state index contributed by atoms with van der Waals surface area (Å²) in [5.41, 5.74) is 1.70. The molecule has 4 aromatic rings. The number of aldehydes is 1. The summed E-state index contributed by atoms with van der Waals surface area (Å²) in [5, 5.41) is 31.2. The first-order valence-electron chi connectivity index (χ1n) is 15.0. The van der Waals surface area contributed by atoms with Gasteiger partial charge in [-0.05, 0) is 57.3 Å². The van der Waals surface area contributed by atoms with Gasteiger partial charge in [0.25, 0.3) is 0 Å². The van der Waals surface area contributed by atoms with Gasteiger partial charge in [-0.1, -0.05) is 30.3 Å². The standard InChI is InChI=1S/C34H34N8O5S/c1-22-32(38-20-34(2,21-43)37-3)33(45)40(29-14-13-23(16-35)15-30(29)41(22)31(44)19-48(4,46)47)18-26-25-10-6-8-12-28(25)42(39-26)27-11-7-5-9-24(27)17-36/h5-15,21-22,32,37-38H,18-20H2,1-4H3. The minimum absolute atomic E-state index is 0.00200. The van der Waals surface area contributed by atoms with E-state index < -0.39 is 45.0 Å². The molecule has 3 unspecified atom stereocenters. The van der Waals surface area contributed by atoms with Crippen molar-refractivity contribution in [1.29, 1.82) is 10.5 Å². The average molecular weight is 667 g/mol. The Morgan fingerprint density at radius 2 is 1.75 bits per heavy atom. The van der Waals surface area contributed by atoms with Crippen LogP contribution in [0.4, 0.5) is 11.4 Å². The van der Waals surface area contributed by atoms with Crippen molar-refractivity contribution in [3.05, 3.63) is 83.6 Å². The predicted molar refractivity (Wildman–Crippen MR) is 180 cm³/mol. The normalized spacial score (nSPS) is 17.6. The minimum Gasteiger partial charge on any atom is -0.307 e. The number of sulfone groups is 1. The van der Waals surface area contributed by atoms with Crippen LogP contribution < -0.4 is 20.4 Å². The van der Waals surface area contributed by atoms with Gasteiger partial charge >= 0.3 is 0 Å². The molecule has 14 heteroatoms. The molecule has 3 atom stereocenters. The minimum atomic E-state index is -3.78. The third kappa shape index (κ3) is 6.55. The molecule has 246 valence electrons. The van der Waals surface area contributed by atoms with E-state index in [9.17, 15) is 33.3 Å². The maximum atomic E-state index is 14.7. The number of para-hydroxylation sites is 2. The van der Waals surface area contributed by atoms with Crippen molar-refractivity contribution in [3.63, 3.8) is 0 Å². The molecule has 48 heavy (non-hydrogen) atoms. The molecule has 0 fully saturated rings. The zero-order chi connectivity index (χ0) is 34.8. The Morgan fingerprint density at radius 1 is 1.04 bits per heavy atom. The summed E-state index contributed by atoms with van der Waals surface area (Å²) in [6.45, 7) is 3.17. The molecule has 2 amide bonds. The van der Waals surface area contributed by atoms with Gasteiger partial charge in [-0.25, -0.2) is 13.1 Å². The fourth-order valence-electron chi connectivity index (χ4n) is 5.80. The second-order valence-electron chi connectivity index (χ2n) is 12.0. The van der Waals surface area contributed by atoms with Crippen molar-refractivity contribution in [1.82, 2.24) is 20.4 Å². The van der Waals surface area contributed by atoms with Gasteiger partial charge in [0.15, 0.2) is 9.84 Å². The molecule has 2 heterocycles. The lowest BCUT2D eigenvalue weighted by molar-refractivity contribution is -0.122. The SMILES string of the molecule is CNC(C)(C=O)CNC1C(=O)N(Cc2nn(-c3ccccc3C#N)c3ccccc23)c2ccc(C#N)cc2N(C(=O)CS(C)(=O)=O)C1C. The molecule has 0 radical (unpaired) electrons. The lowest BCUT2D eigenvalue weighted by atomic mass is 10.0. The van der Waals surface area contributed by atoms with Gasteiger partial charge in [-0.15, -0.1) is 0 Å². The van der Waals surface area contributed by atoms with E-state index in [2.05, 4.69) is 22.8 Å². The molecule has 2 N–H and O–H groups in total. The van der Waals surface area contributed by atoms with Gasteiger partial charge in [0.05, 0.1) is 63.6 Å². The molecule has 1 aliphatic heterocycles. The number of likely N-dealkylation sites (N-methyl/N-ethyl adjacent to an activating group) is 1. The number of carbonyl (C=O) groups is 3. The van der Waals surface area contributed by atoms with Crippen molar-refractivity contribution >= 4 is 50.2 Å². The summed E-state index contributed by atoms with van der Waals surface area (Å²) in [5.74, 6) is -2.08. The quantitative estimate of drug-likeness (QED) is 0.238. The van der Waals surface area contributed by atoms with Gasteiger partial charge in [0, 0.05) is 18.2 Å². The number of carbonyl (C=O) groups excluding carboxylic acids is 3. The number of amides is 2. The Kier molecular flexibility index (Phi) is 9.45. The molecule has 1 aliphatic rings. The first-order chi connectivity index (χ1) is 22.8. The van der Waals surface area contributed by atoms with Crippen molar-refractivity contribution in [2.45, 2.75) is 38.0 Å². The first-order valence-corrected chi connectivity index (χ1v) is 17.1. The summed E-state index contributed by atoms with van der Waals surface area (Å²) in [7, 11) is -2.18. The van der Waals surface area contributed by atoms with E-state index in [4.69, 9.17) is 5.10 Å². The highest BCUT2D eigenvalue weighted by molar-refractivity contribution is 7.91. The van der Waals surface area contributed by atoms with E-state index >= 15 is 0 Å². The summed E-state index contributed by atoms with van der Waals surface area (Å²) < 4.78 is 26.3. The van der Waals surface area contributed by atoms with Crippen LogP contribution in [0.3, 0.4) is 0 Å². The van der Waals surface area contributed by atoms with Gasteiger partial charge in [0.1, 0.15) is 24.2 Å². The number of nitrogens with zero attached hydrogens (tertiary/aromatic N) is 6. The highest BCUT2D eigenvalue weighted by Gasteiger charge is 2.43. The Labute approximate surface area is 278 Å². The van der Waals surface area contributed by atoms with E-state index in [-0.39, 0.29) is 30.0 Å². The van der Waals surface area contributed by atoms with E-state index in [0.717, 1.165) is 6.26 Å². The lowest BCUT2D eigenvalue weighted by Gasteiger charge is -2.34. The Balaban J connectivity index is 1.71. The van der Waals surface area contributed by atoms with Gasteiger partial charge in [-0.2, -0.15) is 15.6 Å². The summed E-state index contributed by atoms with van der Waals surface area (Å²) >= 11 is 0. The van der Waals surface area contributed by atoms with Crippen LogP contribution in [0.2, 0.25) is 0 Å². The number of anilines is 2. The molecule has 1 aromatic heterocycles. The zero-order valence-electron chi connectivity index (χ0n) is 26.8. The molecule has 0 bridgehead atoms. The average Bonchev–Trinajstić information content (AvgIpc) is 3.40. The molecular formula is C34H34N8O5S. The smallest absolute Gasteiger partial charge is 0.246 e. The van der Waals surface area contributed by atoms with Crippen LogP contribution in [-0.4, -0.2) is 79.5 Å². The fourth-order valence-corrected chi connectivity index (χ4v) is 6.38. The number of benzene rings is 3. The second kappa shape index (κ2) is 13.4. The number of hydrogen-bond donors (Lipinski definition) is 2. The van der Waals surface area contributed by atoms with E-state index in [1.807, 2.05) is 24.3 Å². The number of hydrogen-bond acceptors (Lipinski definition) is 10. The first kappa shape index (κ1) is 33.9. The summed E-state index contributed by atoms with van der Waals surface area (Å²) in [6.07, 6.45) is 1.66.